The molecule has 4 heteroatoms. The minimum Gasteiger partial charge on any atom is -0.386 e. The minimum atomic E-state index is -0.878. The molecule has 0 atom stereocenters. The van der Waals surface area contributed by atoms with Gasteiger partial charge in [-0.25, -0.2) is 0 Å². The summed E-state index contributed by atoms with van der Waals surface area (Å²) in [5.74, 6) is 0.740. The third-order valence-electron chi connectivity index (χ3n) is 6.41. The second-order valence-electron chi connectivity index (χ2n) is 10.3. The van der Waals surface area contributed by atoms with Gasteiger partial charge in [-0.1, -0.05) is 46.1 Å². The molecule has 0 bridgehead atoms. The van der Waals surface area contributed by atoms with Crippen LogP contribution in [0.15, 0.2) is 29.2 Å². The second kappa shape index (κ2) is 8.49. The Balaban J connectivity index is 2.13. The van der Waals surface area contributed by atoms with Gasteiger partial charge in [0.05, 0.1) is 5.60 Å². The van der Waals surface area contributed by atoms with Crippen molar-refractivity contribution in [1.29, 1.82) is 0 Å². The highest BCUT2D eigenvalue weighted by Crippen LogP contribution is 2.37. The van der Waals surface area contributed by atoms with Crippen LogP contribution in [0.1, 0.15) is 83.5 Å². The topological polar surface area (TPSA) is 51.2 Å². The first-order valence-corrected chi connectivity index (χ1v) is 11.8. The molecule has 1 fully saturated rings. The van der Waals surface area contributed by atoms with E-state index in [1.54, 1.807) is 0 Å². The van der Waals surface area contributed by atoms with E-state index in [-0.39, 0.29) is 5.41 Å². The van der Waals surface area contributed by atoms with Crippen molar-refractivity contribution in [2.24, 2.45) is 11.1 Å². The van der Waals surface area contributed by atoms with Crippen LogP contribution in [0.25, 0.3) is 11.3 Å². The number of hydrogen-bond acceptors (Lipinski definition) is 3. The van der Waals surface area contributed by atoms with Crippen LogP contribution < -0.4 is 5.14 Å². The lowest BCUT2D eigenvalue weighted by atomic mass is 9.82. The van der Waals surface area contributed by atoms with Crippen molar-refractivity contribution >= 4 is 11.9 Å². The average Bonchev–Trinajstić information content (AvgIpc) is 2.97. The van der Waals surface area contributed by atoms with Gasteiger partial charge in [0, 0.05) is 22.8 Å². The van der Waals surface area contributed by atoms with E-state index in [1.807, 2.05) is 13.8 Å². The Morgan fingerprint density at radius 3 is 2.17 bits per heavy atom. The molecule has 1 heterocycles. The fourth-order valence-corrected chi connectivity index (χ4v) is 4.86. The van der Waals surface area contributed by atoms with Gasteiger partial charge in [0.15, 0.2) is 0 Å². The Morgan fingerprint density at radius 2 is 1.62 bits per heavy atom. The first kappa shape index (κ1) is 22.5. The maximum Gasteiger partial charge on any atom is 0.0840 e. The van der Waals surface area contributed by atoms with Crippen molar-refractivity contribution in [2.45, 2.75) is 96.1 Å². The number of nitrogens with zero attached hydrogens (tertiary/aromatic N) is 1. The van der Waals surface area contributed by atoms with Crippen molar-refractivity contribution in [2.75, 3.05) is 0 Å². The molecule has 3 rings (SSSR count). The van der Waals surface area contributed by atoms with Gasteiger partial charge in [-0.3, -0.25) is 5.14 Å². The van der Waals surface area contributed by atoms with Crippen LogP contribution in [0.4, 0.5) is 0 Å². The number of benzene rings is 1. The summed E-state index contributed by atoms with van der Waals surface area (Å²) < 4.78 is 2.47. The molecule has 2 aromatic rings. The molecule has 29 heavy (non-hydrogen) atoms. The molecular formula is C25H38N2OS. The quantitative estimate of drug-likeness (QED) is 0.547. The zero-order valence-electron chi connectivity index (χ0n) is 19.0. The number of nitrogens with two attached hydrogens (primary N) is 1. The van der Waals surface area contributed by atoms with E-state index < -0.39 is 5.60 Å². The first-order chi connectivity index (χ1) is 13.5. The predicted molar refractivity (Wildman–Crippen MR) is 125 cm³/mol. The van der Waals surface area contributed by atoms with Crippen LogP contribution >= 0.6 is 11.9 Å². The van der Waals surface area contributed by atoms with Crippen molar-refractivity contribution in [3.8, 4) is 11.3 Å². The van der Waals surface area contributed by atoms with Gasteiger partial charge >= 0.3 is 0 Å². The molecule has 3 nitrogen and oxygen atoms in total. The molecule has 0 amide bonds. The van der Waals surface area contributed by atoms with Gasteiger partial charge in [-0.15, -0.1) is 0 Å². The molecule has 1 aromatic heterocycles. The third kappa shape index (κ3) is 5.10. The van der Waals surface area contributed by atoms with Crippen molar-refractivity contribution in [1.82, 2.24) is 4.57 Å². The first-order valence-electron chi connectivity index (χ1n) is 11.0. The van der Waals surface area contributed by atoms with E-state index >= 15 is 0 Å². The van der Waals surface area contributed by atoms with Crippen LogP contribution in [-0.4, -0.2) is 9.67 Å². The molecule has 1 aliphatic carbocycles. The van der Waals surface area contributed by atoms with E-state index in [2.05, 4.69) is 56.5 Å². The summed E-state index contributed by atoms with van der Waals surface area (Å²) in [6.45, 7) is 13.7. The summed E-state index contributed by atoms with van der Waals surface area (Å²) in [6.07, 6.45) is 6.71. The second-order valence-corrected chi connectivity index (χ2v) is 11.0. The summed E-state index contributed by atoms with van der Waals surface area (Å²) >= 11 is 1.34. The maximum absolute atomic E-state index is 10.8. The highest BCUT2D eigenvalue weighted by atomic mass is 32.2. The van der Waals surface area contributed by atoms with E-state index in [9.17, 15) is 5.11 Å². The van der Waals surface area contributed by atoms with E-state index in [4.69, 9.17) is 5.14 Å². The lowest BCUT2D eigenvalue weighted by Crippen LogP contribution is -2.19. The SMILES string of the molecule is Cc1c(SN)cc(-c2cc(C(C)(C)C)cc(C(C)(C)O)c2)n1CC1CCCCC1. The summed E-state index contributed by atoms with van der Waals surface area (Å²) in [4.78, 5) is 1.14. The molecule has 0 unspecified atom stereocenters. The van der Waals surface area contributed by atoms with Gasteiger partial charge < -0.3 is 9.67 Å². The molecule has 1 saturated carbocycles. The molecule has 3 N–H and O–H groups in total. The fourth-order valence-electron chi connectivity index (χ4n) is 4.40. The number of rotatable bonds is 5. The van der Waals surface area contributed by atoms with Gasteiger partial charge in [0.1, 0.15) is 0 Å². The lowest BCUT2D eigenvalue weighted by Gasteiger charge is -2.27. The molecule has 1 aromatic carbocycles. The Hall–Kier alpha value is -1.23. The largest absolute Gasteiger partial charge is 0.386 e. The minimum absolute atomic E-state index is 0.0112. The van der Waals surface area contributed by atoms with Crippen LogP contribution in [0.3, 0.4) is 0 Å². The van der Waals surface area contributed by atoms with Crippen molar-refractivity contribution in [3.63, 3.8) is 0 Å². The standard InChI is InChI=1S/C25H38N2OS/c1-17-23(29-26)15-22(27(17)16-18-10-8-7-9-11-18)19-12-20(24(2,3)4)14-21(13-19)25(5,6)28/h12-15,18,28H,7-11,16,26H2,1-6H3. The van der Waals surface area contributed by atoms with Crippen LogP contribution in [0, 0.1) is 12.8 Å². The Labute approximate surface area is 181 Å². The fraction of sp³-hybridized carbons (Fsp3) is 0.600. The van der Waals surface area contributed by atoms with Crippen LogP contribution in [-0.2, 0) is 17.6 Å². The van der Waals surface area contributed by atoms with Crippen LogP contribution in [0.5, 0.6) is 0 Å². The van der Waals surface area contributed by atoms with Gasteiger partial charge in [-0.05, 0) is 91.8 Å². The third-order valence-corrected chi connectivity index (χ3v) is 7.08. The summed E-state index contributed by atoms with van der Waals surface area (Å²) in [5, 5.41) is 16.8. The van der Waals surface area contributed by atoms with Gasteiger partial charge in [0.2, 0.25) is 0 Å². The van der Waals surface area contributed by atoms with Gasteiger partial charge in [0.25, 0.3) is 0 Å². The lowest BCUT2D eigenvalue weighted by molar-refractivity contribution is 0.0785. The maximum atomic E-state index is 10.8. The highest BCUT2D eigenvalue weighted by Gasteiger charge is 2.24. The normalized spacial score (nSPS) is 16.4. The average molecular weight is 415 g/mol. The molecule has 0 saturated heterocycles. The number of hydrogen-bond donors (Lipinski definition) is 2. The molecule has 0 spiro atoms. The van der Waals surface area contributed by atoms with E-state index in [1.165, 1.54) is 66.6 Å². The monoisotopic (exact) mass is 414 g/mol. The zero-order valence-corrected chi connectivity index (χ0v) is 19.8. The molecule has 1 aliphatic rings. The molecular weight excluding hydrogens is 376 g/mol. The summed E-state index contributed by atoms with van der Waals surface area (Å²) in [5.41, 5.74) is 4.99. The number of aromatic nitrogens is 1. The summed E-state index contributed by atoms with van der Waals surface area (Å²) in [6, 6.07) is 8.85. The highest BCUT2D eigenvalue weighted by molar-refractivity contribution is 7.97. The smallest absolute Gasteiger partial charge is 0.0840 e. The van der Waals surface area contributed by atoms with Crippen molar-refractivity contribution < 1.29 is 5.11 Å². The Kier molecular flexibility index (Phi) is 6.57. The molecule has 0 radical (unpaired) electrons. The van der Waals surface area contributed by atoms with Crippen molar-refractivity contribution in [3.05, 3.63) is 41.1 Å². The van der Waals surface area contributed by atoms with Crippen LogP contribution in [0.2, 0.25) is 0 Å². The molecule has 160 valence electrons. The summed E-state index contributed by atoms with van der Waals surface area (Å²) in [7, 11) is 0. The van der Waals surface area contributed by atoms with E-state index in [0.717, 1.165) is 22.9 Å². The Morgan fingerprint density at radius 1 is 1.00 bits per heavy atom. The predicted octanol–water partition coefficient (Wildman–Crippen LogP) is 6.53. The Bertz CT molecular complexity index is 817. The zero-order chi connectivity index (χ0) is 21.4. The number of aliphatic hydroxyl groups is 1. The van der Waals surface area contributed by atoms with Gasteiger partial charge in [-0.2, -0.15) is 0 Å². The molecule has 0 aliphatic heterocycles. The van der Waals surface area contributed by atoms with E-state index in [0.29, 0.717) is 0 Å².